The molecule has 1 aliphatic rings. The molecule has 0 aromatic heterocycles. The number of rotatable bonds is 3. The molecule has 6 heteroatoms. The molecule has 0 saturated heterocycles. The van der Waals surface area contributed by atoms with Crippen LogP contribution in [0.15, 0.2) is 33.7 Å². The molecular weight excluding hydrogens is 296 g/mol. The molecule has 1 heterocycles. The van der Waals surface area contributed by atoms with Crippen molar-refractivity contribution in [3.63, 3.8) is 0 Å². The molecule has 1 amide bonds. The number of aliphatic imine (C=N–C) groups is 1. The minimum absolute atomic E-state index is 0.0869. The van der Waals surface area contributed by atoms with Crippen LogP contribution in [0.5, 0.6) is 0 Å². The van der Waals surface area contributed by atoms with E-state index in [4.69, 9.17) is 0 Å². The molecule has 0 saturated carbocycles. The van der Waals surface area contributed by atoms with Gasteiger partial charge in [-0.1, -0.05) is 22.0 Å². The summed E-state index contributed by atoms with van der Waals surface area (Å²) in [6.45, 7) is 1.90. The van der Waals surface area contributed by atoms with Gasteiger partial charge in [0.1, 0.15) is 0 Å². The van der Waals surface area contributed by atoms with Crippen LogP contribution in [0.3, 0.4) is 0 Å². The first-order chi connectivity index (χ1) is 8.65. The van der Waals surface area contributed by atoms with Crippen molar-refractivity contribution in [1.29, 1.82) is 0 Å². The maximum absolute atomic E-state index is 11.7. The molecule has 5 nitrogen and oxygen atoms in total. The normalized spacial score (nSPS) is 14.3. The van der Waals surface area contributed by atoms with Crippen LogP contribution in [0.4, 0.5) is 5.69 Å². The maximum atomic E-state index is 11.7. The smallest absolute Gasteiger partial charge is 0.243 e. The van der Waals surface area contributed by atoms with Gasteiger partial charge < -0.3 is 15.5 Å². The molecule has 1 aromatic carbocycles. The second kappa shape index (κ2) is 5.86. The van der Waals surface area contributed by atoms with Gasteiger partial charge in [-0.3, -0.25) is 9.79 Å². The van der Waals surface area contributed by atoms with E-state index in [2.05, 4.69) is 31.6 Å². The van der Waals surface area contributed by atoms with Crippen molar-refractivity contribution >= 4 is 33.5 Å². The van der Waals surface area contributed by atoms with Crippen molar-refractivity contribution in [2.24, 2.45) is 4.99 Å². The number of amides is 1. The largest absolute Gasteiger partial charge is 0.347 e. The van der Waals surface area contributed by atoms with E-state index in [9.17, 15) is 4.79 Å². The van der Waals surface area contributed by atoms with Crippen molar-refractivity contribution in [3.8, 4) is 0 Å². The van der Waals surface area contributed by atoms with Crippen LogP contribution in [0.2, 0.25) is 0 Å². The van der Waals surface area contributed by atoms with Gasteiger partial charge >= 0.3 is 0 Å². The first-order valence-corrected chi connectivity index (χ1v) is 6.49. The molecule has 0 atom stereocenters. The number of hydrogen-bond acceptors (Lipinski definition) is 4. The van der Waals surface area contributed by atoms with Gasteiger partial charge in [0.15, 0.2) is 5.96 Å². The average Bonchev–Trinajstić information content (AvgIpc) is 2.72. The summed E-state index contributed by atoms with van der Waals surface area (Å²) in [4.78, 5) is 18.0. The topological polar surface area (TPSA) is 56.7 Å². The first kappa shape index (κ1) is 12.9. The summed E-state index contributed by atoms with van der Waals surface area (Å²) in [5, 5.41) is 5.83. The third-order valence-corrected chi connectivity index (χ3v) is 3.07. The first-order valence-electron chi connectivity index (χ1n) is 5.70. The van der Waals surface area contributed by atoms with E-state index in [1.807, 2.05) is 36.2 Å². The molecule has 0 spiro atoms. The summed E-state index contributed by atoms with van der Waals surface area (Å²) in [7, 11) is 1.95. The number of likely N-dealkylation sites (N-methyl/N-ethyl adjacent to an activating group) is 1. The number of nitrogens with one attached hydrogen (secondary N) is 2. The number of carbonyl (C=O) groups excluding carboxylic acids is 1. The Kier molecular flexibility index (Phi) is 4.19. The molecule has 1 aromatic rings. The van der Waals surface area contributed by atoms with Gasteiger partial charge in [-0.25, -0.2) is 0 Å². The van der Waals surface area contributed by atoms with Gasteiger partial charge in [-0.05, 0) is 18.2 Å². The Morgan fingerprint density at radius 2 is 2.39 bits per heavy atom. The summed E-state index contributed by atoms with van der Waals surface area (Å²) in [5.41, 5.74) is 0.776. The predicted octanol–water partition coefficient (Wildman–Crippen LogP) is 1.28. The van der Waals surface area contributed by atoms with Gasteiger partial charge in [0.2, 0.25) is 5.91 Å². The quantitative estimate of drug-likeness (QED) is 0.884. The van der Waals surface area contributed by atoms with Crippen molar-refractivity contribution in [2.45, 2.75) is 0 Å². The lowest BCUT2D eigenvalue weighted by Gasteiger charge is -2.15. The van der Waals surface area contributed by atoms with Crippen LogP contribution in [0.1, 0.15) is 0 Å². The minimum Gasteiger partial charge on any atom is -0.347 e. The van der Waals surface area contributed by atoms with Crippen LogP contribution in [-0.4, -0.2) is 43.4 Å². The van der Waals surface area contributed by atoms with Crippen molar-refractivity contribution < 1.29 is 4.79 Å². The van der Waals surface area contributed by atoms with Gasteiger partial charge in [0, 0.05) is 23.8 Å². The second-order valence-electron chi connectivity index (χ2n) is 4.04. The fraction of sp³-hybridized carbons (Fsp3) is 0.333. The predicted molar refractivity (Wildman–Crippen MR) is 75.7 cm³/mol. The lowest BCUT2D eigenvalue weighted by molar-refractivity contribution is -0.115. The Balaban J connectivity index is 1.82. The molecule has 0 fully saturated rings. The Morgan fingerprint density at radius 3 is 3.06 bits per heavy atom. The molecule has 1 aliphatic heterocycles. The SMILES string of the molecule is CN1CCN=C1NCC(=O)Nc1cccc(Br)c1. The highest BCUT2D eigenvalue weighted by Crippen LogP contribution is 2.15. The van der Waals surface area contributed by atoms with Crippen molar-refractivity contribution in [3.05, 3.63) is 28.7 Å². The fourth-order valence-corrected chi connectivity index (χ4v) is 2.05. The highest BCUT2D eigenvalue weighted by Gasteiger charge is 2.12. The van der Waals surface area contributed by atoms with Gasteiger partial charge in [0.25, 0.3) is 0 Å². The van der Waals surface area contributed by atoms with Crippen LogP contribution in [-0.2, 0) is 4.79 Å². The fourth-order valence-electron chi connectivity index (χ4n) is 1.65. The molecule has 2 rings (SSSR count). The number of hydrogen-bond donors (Lipinski definition) is 2. The highest BCUT2D eigenvalue weighted by molar-refractivity contribution is 9.10. The van der Waals surface area contributed by atoms with E-state index in [1.54, 1.807) is 0 Å². The zero-order valence-electron chi connectivity index (χ0n) is 10.1. The Morgan fingerprint density at radius 1 is 1.56 bits per heavy atom. The van der Waals surface area contributed by atoms with Crippen LogP contribution in [0.25, 0.3) is 0 Å². The summed E-state index contributed by atoms with van der Waals surface area (Å²) >= 11 is 3.36. The summed E-state index contributed by atoms with van der Waals surface area (Å²) in [6, 6.07) is 7.50. The van der Waals surface area contributed by atoms with E-state index in [0.717, 1.165) is 29.2 Å². The monoisotopic (exact) mass is 310 g/mol. The molecule has 0 aliphatic carbocycles. The second-order valence-corrected chi connectivity index (χ2v) is 4.95. The summed E-state index contributed by atoms with van der Waals surface area (Å²) < 4.78 is 0.938. The van der Waals surface area contributed by atoms with Crippen molar-refractivity contribution in [2.75, 3.05) is 32.0 Å². The van der Waals surface area contributed by atoms with E-state index < -0.39 is 0 Å². The standard InChI is InChI=1S/C12H15BrN4O/c1-17-6-5-14-12(17)15-8-11(18)16-10-4-2-3-9(13)7-10/h2-4,7H,5-6,8H2,1H3,(H,14,15)(H,16,18). The van der Waals surface area contributed by atoms with Gasteiger partial charge in [-0.2, -0.15) is 0 Å². The van der Waals surface area contributed by atoms with Gasteiger partial charge in [-0.15, -0.1) is 0 Å². The highest BCUT2D eigenvalue weighted by atomic mass is 79.9. The number of nitrogens with zero attached hydrogens (tertiary/aromatic N) is 2. The number of carbonyl (C=O) groups is 1. The van der Waals surface area contributed by atoms with Crippen LogP contribution in [0, 0.1) is 0 Å². The van der Waals surface area contributed by atoms with Crippen molar-refractivity contribution in [1.82, 2.24) is 10.2 Å². The molecule has 96 valence electrons. The molecule has 2 N–H and O–H groups in total. The molecule has 18 heavy (non-hydrogen) atoms. The number of guanidine groups is 1. The van der Waals surface area contributed by atoms with Crippen LogP contribution >= 0.6 is 15.9 Å². The number of anilines is 1. The van der Waals surface area contributed by atoms with E-state index >= 15 is 0 Å². The third-order valence-electron chi connectivity index (χ3n) is 2.57. The number of halogens is 1. The third kappa shape index (κ3) is 3.46. The minimum atomic E-state index is -0.0869. The lowest BCUT2D eigenvalue weighted by Crippen LogP contribution is -2.39. The molecule has 0 unspecified atom stereocenters. The Labute approximate surface area is 114 Å². The van der Waals surface area contributed by atoms with Crippen LogP contribution < -0.4 is 10.6 Å². The lowest BCUT2D eigenvalue weighted by atomic mass is 10.3. The van der Waals surface area contributed by atoms with E-state index in [-0.39, 0.29) is 12.5 Å². The van der Waals surface area contributed by atoms with E-state index in [1.165, 1.54) is 0 Å². The zero-order chi connectivity index (χ0) is 13.0. The molecule has 0 radical (unpaired) electrons. The Hall–Kier alpha value is -1.56. The molecular formula is C12H15BrN4O. The Bertz CT molecular complexity index is 475. The summed E-state index contributed by atoms with van der Waals surface area (Å²) in [6.07, 6.45) is 0. The maximum Gasteiger partial charge on any atom is 0.243 e. The zero-order valence-corrected chi connectivity index (χ0v) is 11.7. The van der Waals surface area contributed by atoms with Gasteiger partial charge in [0.05, 0.1) is 13.1 Å². The summed E-state index contributed by atoms with van der Waals surface area (Å²) in [5.74, 6) is 0.690. The van der Waals surface area contributed by atoms with E-state index in [0.29, 0.717) is 0 Å². The number of benzene rings is 1. The average molecular weight is 311 g/mol. The molecule has 0 bridgehead atoms.